The lowest BCUT2D eigenvalue weighted by atomic mass is 9.87. The second-order valence-corrected chi connectivity index (χ2v) is 10.0. The van der Waals surface area contributed by atoms with Crippen LogP contribution in [0.3, 0.4) is 0 Å². The second-order valence-electron chi connectivity index (χ2n) is 7.67. The molecule has 26 heavy (non-hydrogen) atoms. The summed E-state index contributed by atoms with van der Waals surface area (Å²) in [6.07, 6.45) is 0.429. The zero-order valence-electron chi connectivity index (χ0n) is 15.6. The fourth-order valence-electron chi connectivity index (χ4n) is 4.14. The molecule has 1 aromatic carbocycles. The van der Waals surface area contributed by atoms with Crippen molar-refractivity contribution in [2.75, 3.05) is 26.0 Å². The van der Waals surface area contributed by atoms with E-state index in [1.807, 2.05) is 38.1 Å². The van der Waals surface area contributed by atoms with Crippen molar-refractivity contribution in [2.45, 2.75) is 38.1 Å². The lowest BCUT2D eigenvalue weighted by molar-refractivity contribution is -0.127. The van der Waals surface area contributed by atoms with Crippen molar-refractivity contribution in [2.24, 2.45) is 11.8 Å². The van der Waals surface area contributed by atoms with Crippen molar-refractivity contribution in [3.8, 4) is 5.75 Å². The van der Waals surface area contributed by atoms with Gasteiger partial charge in [-0.1, -0.05) is 12.1 Å². The molecule has 3 rings (SSSR count). The molecule has 2 fully saturated rings. The average molecular weight is 381 g/mol. The number of hydrogen-bond donors (Lipinski definition) is 1. The van der Waals surface area contributed by atoms with Gasteiger partial charge in [-0.15, -0.1) is 0 Å². The van der Waals surface area contributed by atoms with Crippen molar-refractivity contribution in [1.82, 2.24) is 10.2 Å². The quantitative estimate of drug-likeness (QED) is 0.837. The number of hydrogen-bond acceptors (Lipinski definition) is 5. The maximum Gasteiger partial charge on any atom is 0.223 e. The van der Waals surface area contributed by atoms with E-state index in [2.05, 4.69) is 10.2 Å². The molecule has 7 heteroatoms. The van der Waals surface area contributed by atoms with Crippen LogP contribution in [0.1, 0.15) is 25.8 Å². The van der Waals surface area contributed by atoms with E-state index in [-0.39, 0.29) is 29.5 Å². The zero-order chi connectivity index (χ0) is 18.9. The fraction of sp³-hybridized carbons (Fsp3) is 0.632. The topological polar surface area (TPSA) is 75.7 Å². The molecule has 3 atom stereocenters. The molecule has 1 N–H and O–H groups in total. The van der Waals surface area contributed by atoms with Crippen molar-refractivity contribution < 1.29 is 17.9 Å². The number of sulfone groups is 1. The number of likely N-dealkylation sites (tertiary alicyclic amines) is 1. The van der Waals surface area contributed by atoms with Gasteiger partial charge in [0.05, 0.1) is 18.1 Å². The van der Waals surface area contributed by atoms with Crippen LogP contribution in [0.5, 0.6) is 5.75 Å². The number of carbonyl (C=O) groups is 1. The summed E-state index contributed by atoms with van der Waals surface area (Å²) in [5.41, 5.74) is 1.12. The van der Waals surface area contributed by atoms with E-state index in [9.17, 15) is 13.2 Å². The number of ether oxygens (including phenoxy) is 1. The van der Waals surface area contributed by atoms with Crippen LogP contribution in [0, 0.1) is 11.8 Å². The van der Waals surface area contributed by atoms with Crippen molar-refractivity contribution in [1.29, 1.82) is 0 Å². The smallest absolute Gasteiger partial charge is 0.223 e. The van der Waals surface area contributed by atoms with E-state index >= 15 is 0 Å². The van der Waals surface area contributed by atoms with Gasteiger partial charge in [-0.05, 0) is 38.0 Å². The molecule has 0 aromatic heterocycles. The molecule has 2 heterocycles. The molecule has 0 unspecified atom stereocenters. The van der Waals surface area contributed by atoms with Gasteiger partial charge in [0.15, 0.2) is 9.84 Å². The van der Waals surface area contributed by atoms with E-state index in [0.717, 1.165) is 11.3 Å². The third kappa shape index (κ3) is 4.04. The minimum Gasteiger partial charge on any atom is -0.497 e. The van der Waals surface area contributed by atoms with E-state index < -0.39 is 15.1 Å². The Morgan fingerprint density at radius 2 is 1.96 bits per heavy atom. The third-order valence-corrected chi connectivity index (χ3v) is 7.64. The molecular weight excluding hydrogens is 352 g/mol. The van der Waals surface area contributed by atoms with Gasteiger partial charge in [0.2, 0.25) is 5.91 Å². The summed E-state index contributed by atoms with van der Waals surface area (Å²) in [4.78, 5) is 14.7. The number of rotatable bonds is 5. The first-order valence-electron chi connectivity index (χ1n) is 9.17. The average Bonchev–Trinajstić information content (AvgIpc) is 3.00. The van der Waals surface area contributed by atoms with Gasteiger partial charge in [-0.25, -0.2) is 8.42 Å². The minimum absolute atomic E-state index is 0.00352. The molecule has 0 saturated carbocycles. The van der Waals surface area contributed by atoms with Gasteiger partial charge in [0, 0.05) is 37.5 Å². The molecule has 0 bridgehead atoms. The van der Waals surface area contributed by atoms with Crippen LogP contribution in [0.4, 0.5) is 0 Å². The van der Waals surface area contributed by atoms with Gasteiger partial charge in [0.25, 0.3) is 0 Å². The van der Waals surface area contributed by atoms with E-state index in [1.54, 1.807) is 7.11 Å². The Morgan fingerprint density at radius 1 is 1.27 bits per heavy atom. The predicted octanol–water partition coefficient (Wildman–Crippen LogP) is 1.45. The predicted molar refractivity (Wildman–Crippen MR) is 101 cm³/mol. The first-order valence-corrected chi connectivity index (χ1v) is 10.9. The van der Waals surface area contributed by atoms with Crippen molar-refractivity contribution in [3.63, 3.8) is 0 Å². The van der Waals surface area contributed by atoms with Gasteiger partial charge < -0.3 is 10.1 Å². The van der Waals surface area contributed by atoms with Crippen LogP contribution in [0.15, 0.2) is 24.3 Å². The van der Waals surface area contributed by atoms with E-state index in [1.165, 1.54) is 0 Å². The lowest BCUT2D eigenvalue weighted by Gasteiger charge is -2.32. The number of methoxy groups -OCH3 is 1. The Hall–Kier alpha value is -1.60. The van der Waals surface area contributed by atoms with Crippen LogP contribution >= 0.6 is 0 Å². The lowest BCUT2D eigenvalue weighted by Crippen LogP contribution is -2.48. The summed E-state index contributed by atoms with van der Waals surface area (Å²) in [6, 6.07) is 7.88. The van der Waals surface area contributed by atoms with E-state index in [0.29, 0.717) is 26.1 Å². The molecule has 2 saturated heterocycles. The Bertz CT molecular complexity index is 745. The SMILES string of the molecule is COc1ccc(CN2C[C@@H]3[C@@H](C(=O)NC(C)C)CCS(=O)(=O)[C@@H]3C2)cc1. The van der Waals surface area contributed by atoms with Gasteiger partial charge in [0.1, 0.15) is 5.75 Å². The Morgan fingerprint density at radius 3 is 2.58 bits per heavy atom. The monoisotopic (exact) mass is 380 g/mol. The molecule has 144 valence electrons. The number of nitrogens with zero attached hydrogens (tertiary/aromatic N) is 1. The summed E-state index contributed by atoms with van der Waals surface area (Å²) in [5, 5.41) is 2.53. The minimum atomic E-state index is -3.13. The highest BCUT2D eigenvalue weighted by Crippen LogP contribution is 2.37. The highest BCUT2D eigenvalue weighted by Gasteiger charge is 2.50. The number of benzene rings is 1. The summed E-state index contributed by atoms with van der Waals surface area (Å²) in [5.74, 6) is 0.575. The first kappa shape index (κ1) is 19.2. The van der Waals surface area contributed by atoms with Crippen LogP contribution in [-0.2, 0) is 21.2 Å². The summed E-state index contributed by atoms with van der Waals surface area (Å²) < 4.78 is 30.3. The number of carbonyl (C=O) groups excluding carboxylic acids is 1. The van der Waals surface area contributed by atoms with Crippen molar-refractivity contribution in [3.05, 3.63) is 29.8 Å². The second kappa shape index (κ2) is 7.56. The molecule has 2 aliphatic rings. The summed E-state index contributed by atoms with van der Waals surface area (Å²) in [7, 11) is -1.50. The Balaban J connectivity index is 1.73. The standard InChI is InChI=1S/C19H28N2O4S/c1-13(2)20-19(22)16-8-9-26(23,24)18-12-21(11-17(16)18)10-14-4-6-15(25-3)7-5-14/h4-7,13,16-18H,8-12H2,1-3H3,(H,20,22)/t16-,17+,18+/m0/s1. The number of nitrogens with one attached hydrogen (secondary N) is 1. The third-order valence-electron chi connectivity index (χ3n) is 5.41. The van der Waals surface area contributed by atoms with Crippen LogP contribution in [0.25, 0.3) is 0 Å². The maximum absolute atomic E-state index is 12.6. The highest BCUT2D eigenvalue weighted by atomic mass is 32.2. The molecule has 2 aliphatic heterocycles. The molecule has 1 aromatic rings. The molecular formula is C19H28N2O4S. The molecule has 6 nitrogen and oxygen atoms in total. The zero-order valence-corrected chi connectivity index (χ0v) is 16.5. The summed E-state index contributed by atoms with van der Waals surface area (Å²) >= 11 is 0. The molecule has 1 amide bonds. The summed E-state index contributed by atoms with van der Waals surface area (Å²) in [6.45, 7) is 5.70. The Kier molecular flexibility index (Phi) is 5.58. The number of fused-ring (bicyclic) bond motifs is 1. The molecule has 0 spiro atoms. The van der Waals surface area contributed by atoms with Gasteiger partial charge in [-0.2, -0.15) is 0 Å². The van der Waals surface area contributed by atoms with Crippen LogP contribution < -0.4 is 10.1 Å². The van der Waals surface area contributed by atoms with Crippen LogP contribution in [-0.4, -0.2) is 56.5 Å². The Labute approximate surface area is 155 Å². The molecule has 0 radical (unpaired) electrons. The molecule has 0 aliphatic carbocycles. The maximum atomic E-state index is 12.6. The largest absolute Gasteiger partial charge is 0.497 e. The normalized spacial score (nSPS) is 27.9. The highest BCUT2D eigenvalue weighted by molar-refractivity contribution is 7.92. The fourth-order valence-corrected chi connectivity index (χ4v) is 6.27. The van der Waals surface area contributed by atoms with Gasteiger partial charge in [-0.3, -0.25) is 9.69 Å². The van der Waals surface area contributed by atoms with E-state index in [4.69, 9.17) is 4.74 Å². The van der Waals surface area contributed by atoms with Gasteiger partial charge >= 0.3 is 0 Å². The first-order chi connectivity index (χ1) is 12.3. The van der Waals surface area contributed by atoms with Crippen LogP contribution in [0.2, 0.25) is 0 Å². The van der Waals surface area contributed by atoms with Crippen molar-refractivity contribution >= 4 is 15.7 Å². The number of amides is 1.